The number of nitrogens with one attached hydrogen (secondary N) is 3. The van der Waals surface area contributed by atoms with Gasteiger partial charge in [-0.15, -0.1) is 11.3 Å². The Morgan fingerprint density at radius 2 is 1.79 bits per heavy atom. The molecule has 0 saturated heterocycles. The lowest BCUT2D eigenvalue weighted by atomic mass is 9.97. The van der Waals surface area contributed by atoms with Crippen LogP contribution in [0.25, 0.3) is 10.8 Å². The van der Waals surface area contributed by atoms with E-state index in [0.717, 1.165) is 22.1 Å². The molecule has 0 fully saturated rings. The first-order chi connectivity index (χ1) is 15.7. The van der Waals surface area contributed by atoms with E-state index in [4.69, 9.17) is 5.11 Å². The summed E-state index contributed by atoms with van der Waals surface area (Å²) in [7, 11) is 0. The number of anilines is 1. The zero-order chi connectivity index (χ0) is 23.7. The van der Waals surface area contributed by atoms with Crippen molar-refractivity contribution in [2.24, 2.45) is 0 Å². The molecule has 10 nitrogen and oxygen atoms in total. The molecule has 170 valence electrons. The van der Waals surface area contributed by atoms with E-state index in [2.05, 4.69) is 16.0 Å². The van der Waals surface area contributed by atoms with Crippen LogP contribution < -0.4 is 16.0 Å². The molecule has 2 heterocycles. The van der Waals surface area contributed by atoms with Crippen molar-refractivity contribution in [3.8, 4) is 5.75 Å². The number of thiophene rings is 1. The fourth-order valence-corrected chi connectivity index (χ4v) is 4.93. The van der Waals surface area contributed by atoms with Gasteiger partial charge in [0.25, 0.3) is 5.91 Å². The number of hydrogen-bond acceptors (Lipinski definition) is 7. The minimum absolute atomic E-state index is 0.0347. The lowest BCUT2D eigenvalue weighted by molar-refractivity contribution is -0.147. The number of carboxylic acids is 2. The number of aromatic hydroxyl groups is 1. The van der Waals surface area contributed by atoms with Crippen molar-refractivity contribution in [2.75, 3.05) is 11.9 Å². The highest BCUT2D eigenvalue weighted by atomic mass is 32.1. The first-order valence-electron chi connectivity index (χ1n) is 9.90. The third-order valence-electron chi connectivity index (χ3n) is 5.35. The molecule has 0 aliphatic carbocycles. The molecule has 1 atom stereocenters. The highest BCUT2D eigenvalue weighted by Gasteiger charge is 2.30. The highest BCUT2D eigenvalue weighted by molar-refractivity contribution is 7.17. The van der Waals surface area contributed by atoms with Gasteiger partial charge in [-0.05, 0) is 34.9 Å². The molecule has 11 heteroatoms. The summed E-state index contributed by atoms with van der Waals surface area (Å²) in [5, 5.41) is 38.3. The maximum absolute atomic E-state index is 12.7. The van der Waals surface area contributed by atoms with Crippen LogP contribution in [-0.4, -0.2) is 51.7 Å². The zero-order valence-corrected chi connectivity index (χ0v) is 17.9. The smallest absolute Gasteiger partial charge is 0.394 e. The number of aliphatic carboxylic acids is 1. The van der Waals surface area contributed by atoms with Crippen molar-refractivity contribution in [3.05, 3.63) is 58.0 Å². The van der Waals surface area contributed by atoms with Gasteiger partial charge in [-0.25, -0.2) is 9.59 Å². The highest BCUT2D eigenvalue weighted by Crippen LogP contribution is 2.36. The van der Waals surface area contributed by atoms with Crippen LogP contribution in [-0.2, 0) is 22.6 Å². The summed E-state index contributed by atoms with van der Waals surface area (Å²) in [6.45, 7) is 0.460. The van der Waals surface area contributed by atoms with E-state index in [1.807, 2.05) is 24.3 Å². The largest absolute Gasteiger partial charge is 0.507 e. The first kappa shape index (κ1) is 22.2. The molecular formula is C22H19N3O7S. The number of carbonyl (C=O) groups excluding carboxylic acids is 2. The van der Waals surface area contributed by atoms with Gasteiger partial charge < -0.3 is 31.3 Å². The summed E-state index contributed by atoms with van der Waals surface area (Å²) in [6, 6.07) is 10.1. The first-order valence-corrected chi connectivity index (χ1v) is 10.7. The summed E-state index contributed by atoms with van der Waals surface area (Å²) in [4.78, 5) is 47.5. The second-order valence-electron chi connectivity index (χ2n) is 7.48. The number of aromatic carboxylic acids is 1. The van der Waals surface area contributed by atoms with Crippen LogP contribution in [0.5, 0.6) is 5.75 Å². The van der Waals surface area contributed by atoms with Crippen LogP contribution in [0.4, 0.5) is 5.00 Å². The summed E-state index contributed by atoms with van der Waals surface area (Å²) < 4.78 is 0. The molecule has 0 saturated carbocycles. The van der Waals surface area contributed by atoms with Crippen molar-refractivity contribution in [2.45, 2.75) is 19.0 Å². The maximum Gasteiger partial charge on any atom is 0.394 e. The van der Waals surface area contributed by atoms with Gasteiger partial charge in [-0.1, -0.05) is 24.3 Å². The molecule has 1 aromatic heterocycles. The van der Waals surface area contributed by atoms with E-state index < -0.39 is 23.8 Å². The minimum atomic E-state index is -1.71. The fraction of sp³-hybridized carbons (Fsp3) is 0.182. The number of fused-ring (bicyclic) bond motifs is 2. The number of rotatable bonds is 5. The van der Waals surface area contributed by atoms with Gasteiger partial charge in [0.15, 0.2) is 0 Å². The van der Waals surface area contributed by atoms with Crippen molar-refractivity contribution in [1.82, 2.24) is 10.6 Å². The maximum atomic E-state index is 12.7. The monoisotopic (exact) mass is 469 g/mol. The Balaban J connectivity index is 1.48. The predicted octanol–water partition coefficient (Wildman–Crippen LogP) is 1.77. The van der Waals surface area contributed by atoms with E-state index >= 15 is 0 Å². The quantitative estimate of drug-likeness (QED) is 0.308. The van der Waals surface area contributed by atoms with Crippen molar-refractivity contribution in [1.29, 1.82) is 0 Å². The Hall–Kier alpha value is -3.96. The van der Waals surface area contributed by atoms with Crippen LogP contribution >= 0.6 is 11.3 Å². The predicted molar refractivity (Wildman–Crippen MR) is 120 cm³/mol. The summed E-state index contributed by atoms with van der Waals surface area (Å²) in [5.74, 6) is -4.92. The normalized spacial score (nSPS) is 15.0. The van der Waals surface area contributed by atoms with Gasteiger partial charge in [0, 0.05) is 24.0 Å². The molecule has 1 aliphatic rings. The summed E-state index contributed by atoms with van der Waals surface area (Å²) in [6.07, 6.45) is 0.250. The number of benzene rings is 2. The van der Waals surface area contributed by atoms with Gasteiger partial charge in [-0.2, -0.15) is 0 Å². The molecule has 2 amide bonds. The standard InChI is InChI=1S/C22H19N3O7S/c26-15-6-11-4-2-1-3-10(11)5-13(15)18(27)24-8-12-7-14-16(9-23-12)33-20(17(14)21(29)30)25-19(28)22(31)32/h1-6,12,23,26H,7-9H2,(H,24,27)(H,25,28)(H,29,30)(H,31,32)/t12-/m0/s1. The second-order valence-corrected chi connectivity index (χ2v) is 8.59. The van der Waals surface area contributed by atoms with Crippen molar-refractivity contribution < 1.29 is 34.5 Å². The van der Waals surface area contributed by atoms with E-state index in [9.17, 15) is 29.4 Å². The van der Waals surface area contributed by atoms with Crippen LogP contribution in [0.3, 0.4) is 0 Å². The Kier molecular flexibility index (Phi) is 5.99. The van der Waals surface area contributed by atoms with Gasteiger partial charge in [0.1, 0.15) is 10.8 Å². The average molecular weight is 469 g/mol. The molecule has 0 unspecified atom stereocenters. The number of phenols is 1. The average Bonchev–Trinajstić information content (AvgIpc) is 3.14. The SMILES string of the molecule is O=C(O)C(=O)Nc1sc2c(c1C(=O)O)C[C@@H](CNC(=O)c1cc3ccccc3cc1O)NC2. The van der Waals surface area contributed by atoms with Gasteiger partial charge >= 0.3 is 17.8 Å². The van der Waals surface area contributed by atoms with Gasteiger partial charge in [-0.3, -0.25) is 9.59 Å². The molecule has 4 rings (SSSR count). The Bertz CT molecular complexity index is 1300. The molecule has 0 radical (unpaired) electrons. The third-order valence-corrected chi connectivity index (χ3v) is 6.49. The Labute approximate surface area is 190 Å². The number of carboxylic acid groups (broad SMARTS) is 2. The third kappa shape index (κ3) is 4.49. The summed E-state index contributed by atoms with van der Waals surface area (Å²) >= 11 is 1.00. The molecule has 1 aliphatic heterocycles. The second kappa shape index (κ2) is 8.88. The lowest BCUT2D eigenvalue weighted by Crippen LogP contribution is -2.44. The van der Waals surface area contributed by atoms with Crippen molar-refractivity contribution >= 4 is 50.9 Å². The van der Waals surface area contributed by atoms with E-state index in [-0.39, 0.29) is 40.9 Å². The number of phenolic OH excluding ortho intramolecular Hbond substituents is 1. The number of hydrogen-bond donors (Lipinski definition) is 6. The molecule has 33 heavy (non-hydrogen) atoms. The van der Waals surface area contributed by atoms with Crippen LogP contribution in [0.2, 0.25) is 0 Å². The molecule has 0 spiro atoms. The minimum Gasteiger partial charge on any atom is -0.507 e. The molecule has 6 N–H and O–H groups in total. The van der Waals surface area contributed by atoms with Crippen molar-refractivity contribution in [3.63, 3.8) is 0 Å². The van der Waals surface area contributed by atoms with E-state index in [0.29, 0.717) is 17.0 Å². The molecule has 0 bridgehead atoms. The zero-order valence-electron chi connectivity index (χ0n) is 17.0. The van der Waals surface area contributed by atoms with Gasteiger partial charge in [0.2, 0.25) is 0 Å². The van der Waals surface area contributed by atoms with Crippen LogP contribution in [0.15, 0.2) is 36.4 Å². The lowest BCUT2D eigenvalue weighted by Gasteiger charge is -2.24. The van der Waals surface area contributed by atoms with E-state index in [1.165, 1.54) is 6.07 Å². The van der Waals surface area contributed by atoms with Gasteiger partial charge in [0.05, 0.1) is 11.1 Å². The summed E-state index contributed by atoms with van der Waals surface area (Å²) in [5.41, 5.74) is 0.472. The van der Waals surface area contributed by atoms with Crippen LogP contribution in [0.1, 0.15) is 31.2 Å². The topological polar surface area (TPSA) is 165 Å². The molecule has 3 aromatic rings. The Morgan fingerprint density at radius 1 is 1.09 bits per heavy atom. The fourth-order valence-electron chi connectivity index (χ4n) is 3.76. The Morgan fingerprint density at radius 3 is 2.45 bits per heavy atom. The number of amides is 2. The molecule has 2 aromatic carbocycles. The van der Waals surface area contributed by atoms with E-state index in [1.54, 1.807) is 6.07 Å². The molecular weight excluding hydrogens is 450 g/mol. The number of carbonyl (C=O) groups is 4. The van der Waals surface area contributed by atoms with Crippen LogP contribution in [0, 0.1) is 0 Å².